The van der Waals surface area contributed by atoms with Crippen LogP contribution in [0.1, 0.15) is 25.7 Å². The molecule has 1 aliphatic carbocycles. The van der Waals surface area contributed by atoms with Gasteiger partial charge in [-0.3, -0.25) is 0 Å². The Morgan fingerprint density at radius 3 is 3.00 bits per heavy atom. The topological polar surface area (TPSA) is 0 Å². The van der Waals surface area contributed by atoms with Crippen molar-refractivity contribution in [2.24, 2.45) is 11.8 Å². The molecule has 0 spiro atoms. The largest absolute Gasteiger partial charge is 0.102 e. The lowest BCUT2D eigenvalue weighted by Gasteiger charge is -2.10. The van der Waals surface area contributed by atoms with Gasteiger partial charge in [0.05, 0.1) is 0 Å². The van der Waals surface area contributed by atoms with Crippen LogP contribution in [0.3, 0.4) is 0 Å². The molecule has 0 aromatic carbocycles. The van der Waals surface area contributed by atoms with Gasteiger partial charge in [0.25, 0.3) is 0 Å². The van der Waals surface area contributed by atoms with Crippen molar-refractivity contribution in [3.8, 4) is 0 Å². The summed E-state index contributed by atoms with van der Waals surface area (Å²) in [6, 6.07) is 0. The molecule has 1 rings (SSSR count). The molecule has 0 bridgehead atoms. The fourth-order valence-electron chi connectivity index (χ4n) is 1.63. The van der Waals surface area contributed by atoms with Crippen LogP contribution in [0, 0.1) is 18.4 Å². The van der Waals surface area contributed by atoms with Crippen molar-refractivity contribution in [3.05, 3.63) is 37.5 Å². The Balaban J connectivity index is 2.19. The van der Waals surface area contributed by atoms with Crippen molar-refractivity contribution in [2.45, 2.75) is 25.7 Å². The molecule has 1 aliphatic rings. The first-order chi connectivity index (χ1) is 5.86. The molecule has 0 saturated carbocycles. The maximum absolute atomic E-state index is 5.45. The quantitative estimate of drug-likeness (QED) is 0.541. The third-order valence-electron chi connectivity index (χ3n) is 2.53. The SMILES string of the molecule is [CH]=CC(C=C)CCC1C=CCC1. The summed E-state index contributed by atoms with van der Waals surface area (Å²) in [4.78, 5) is 0. The van der Waals surface area contributed by atoms with E-state index < -0.39 is 0 Å². The van der Waals surface area contributed by atoms with Gasteiger partial charge in [0.15, 0.2) is 0 Å². The van der Waals surface area contributed by atoms with Gasteiger partial charge in [-0.05, 0) is 37.5 Å². The van der Waals surface area contributed by atoms with Crippen LogP contribution >= 0.6 is 0 Å². The lowest BCUT2D eigenvalue weighted by atomic mass is 9.95. The van der Waals surface area contributed by atoms with Crippen molar-refractivity contribution in [2.75, 3.05) is 0 Å². The fraction of sp³-hybridized carbons (Fsp3) is 0.500. The van der Waals surface area contributed by atoms with Crippen molar-refractivity contribution in [3.63, 3.8) is 0 Å². The molecule has 12 heavy (non-hydrogen) atoms. The first kappa shape index (κ1) is 9.31. The summed E-state index contributed by atoms with van der Waals surface area (Å²) in [7, 11) is 0. The highest BCUT2D eigenvalue weighted by molar-refractivity contribution is 4.98. The summed E-state index contributed by atoms with van der Waals surface area (Å²) in [6.45, 7) is 9.20. The van der Waals surface area contributed by atoms with Crippen LogP contribution < -0.4 is 0 Å². The van der Waals surface area contributed by atoms with E-state index in [2.05, 4.69) is 18.7 Å². The fourth-order valence-corrected chi connectivity index (χ4v) is 1.63. The van der Waals surface area contributed by atoms with Gasteiger partial charge in [-0.1, -0.05) is 30.9 Å². The van der Waals surface area contributed by atoms with E-state index in [1.165, 1.54) is 19.3 Å². The monoisotopic (exact) mass is 161 g/mol. The predicted molar refractivity (Wildman–Crippen MR) is 53.7 cm³/mol. The van der Waals surface area contributed by atoms with Gasteiger partial charge < -0.3 is 0 Å². The van der Waals surface area contributed by atoms with Crippen LogP contribution in [-0.2, 0) is 0 Å². The Kier molecular flexibility index (Phi) is 3.86. The molecule has 1 radical (unpaired) electrons. The van der Waals surface area contributed by atoms with E-state index >= 15 is 0 Å². The highest BCUT2D eigenvalue weighted by Gasteiger charge is 2.09. The third-order valence-corrected chi connectivity index (χ3v) is 2.53. The molecule has 0 heteroatoms. The highest BCUT2D eigenvalue weighted by atomic mass is 14.1. The third kappa shape index (κ3) is 2.69. The predicted octanol–water partition coefficient (Wildman–Crippen LogP) is 3.52. The van der Waals surface area contributed by atoms with Crippen molar-refractivity contribution in [1.82, 2.24) is 0 Å². The first-order valence-corrected chi connectivity index (χ1v) is 4.71. The van der Waals surface area contributed by atoms with Gasteiger partial charge in [-0.2, -0.15) is 0 Å². The molecular weight excluding hydrogens is 144 g/mol. The summed E-state index contributed by atoms with van der Waals surface area (Å²) >= 11 is 0. The molecule has 0 aromatic rings. The van der Waals surface area contributed by atoms with Crippen LogP contribution in [0.2, 0.25) is 0 Å². The Hall–Kier alpha value is -0.780. The molecule has 0 N–H and O–H groups in total. The summed E-state index contributed by atoms with van der Waals surface area (Å²) < 4.78 is 0. The molecule has 0 aromatic heterocycles. The molecule has 2 unspecified atom stereocenters. The minimum absolute atomic E-state index is 0.402. The van der Waals surface area contributed by atoms with E-state index in [1.54, 1.807) is 6.08 Å². The van der Waals surface area contributed by atoms with E-state index in [1.807, 2.05) is 6.08 Å². The van der Waals surface area contributed by atoms with Gasteiger partial charge in [0, 0.05) is 0 Å². The lowest BCUT2D eigenvalue weighted by molar-refractivity contribution is 0.521. The Morgan fingerprint density at radius 1 is 1.67 bits per heavy atom. The van der Waals surface area contributed by atoms with Gasteiger partial charge in [-0.15, -0.1) is 6.58 Å². The number of hydrogen-bond donors (Lipinski definition) is 0. The van der Waals surface area contributed by atoms with E-state index in [4.69, 9.17) is 6.58 Å². The van der Waals surface area contributed by atoms with Crippen LogP contribution in [-0.4, -0.2) is 0 Å². The number of rotatable bonds is 5. The lowest BCUT2D eigenvalue weighted by Crippen LogP contribution is -1.97. The maximum Gasteiger partial charge on any atom is -0.00528 e. The molecule has 0 saturated heterocycles. The molecule has 0 amide bonds. The number of allylic oxidation sites excluding steroid dienone is 4. The minimum Gasteiger partial charge on any atom is -0.102 e. The average Bonchev–Trinajstić information content (AvgIpc) is 2.59. The van der Waals surface area contributed by atoms with Crippen molar-refractivity contribution in [1.29, 1.82) is 0 Å². The van der Waals surface area contributed by atoms with E-state index in [0.717, 1.165) is 12.3 Å². The minimum atomic E-state index is 0.402. The zero-order valence-corrected chi connectivity index (χ0v) is 7.58. The summed E-state index contributed by atoms with van der Waals surface area (Å²) in [5.41, 5.74) is 0. The molecule has 0 fully saturated rings. The molecule has 2 atom stereocenters. The molecule has 65 valence electrons. The molecular formula is C12H17. The Labute approximate surface area is 75.7 Å². The Bertz CT molecular complexity index is 168. The molecule has 0 aliphatic heterocycles. The summed E-state index contributed by atoms with van der Waals surface area (Å²) in [5.74, 6) is 1.20. The highest BCUT2D eigenvalue weighted by Crippen LogP contribution is 2.24. The normalized spacial score (nSPS) is 23.8. The Morgan fingerprint density at radius 2 is 2.50 bits per heavy atom. The molecule has 0 heterocycles. The van der Waals surface area contributed by atoms with E-state index in [9.17, 15) is 0 Å². The zero-order chi connectivity index (χ0) is 8.81. The second-order valence-corrected chi connectivity index (χ2v) is 3.43. The van der Waals surface area contributed by atoms with Crippen LogP contribution in [0.4, 0.5) is 0 Å². The van der Waals surface area contributed by atoms with Crippen LogP contribution in [0.5, 0.6) is 0 Å². The number of hydrogen-bond acceptors (Lipinski definition) is 0. The molecule has 0 nitrogen and oxygen atoms in total. The average molecular weight is 161 g/mol. The first-order valence-electron chi connectivity index (χ1n) is 4.71. The standard InChI is InChI=1S/C12H17/c1-3-11(4-2)9-10-12-7-5-6-8-12/h1,3-5,7,11-12H,2,6,8-10H2. The van der Waals surface area contributed by atoms with Gasteiger partial charge in [0.1, 0.15) is 0 Å². The van der Waals surface area contributed by atoms with Gasteiger partial charge in [-0.25, -0.2) is 0 Å². The van der Waals surface area contributed by atoms with E-state index in [0.29, 0.717) is 5.92 Å². The summed E-state index contributed by atoms with van der Waals surface area (Å²) in [6.07, 6.45) is 13.3. The summed E-state index contributed by atoms with van der Waals surface area (Å²) in [5, 5.41) is 0. The van der Waals surface area contributed by atoms with Gasteiger partial charge in [0.2, 0.25) is 0 Å². The smallest absolute Gasteiger partial charge is 0.00528 e. The second-order valence-electron chi connectivity index (χ2n) is 3.43. The second kappa shape index (κ2) is 4.97. The van der Waals surface area contributed by atoms with Crippen molar-refractivity contribution < 1.29 is 0 Å². The van der Waals surface area contributed by atoms with Gasteiger partial charge >= 0.3 is 0 Å². The van der Waals surface area contributed by atoms with Crippen LogP contribution in [0.25, 0.3) is 0 Å². The zero-order valence-electron chi connectivity index (χ0n) is 7.58. The van der Waals surface area contributed by atoms with E-state index in [-0.39, 0.29) is 0 Å². The maximum atomic E-state index is 5.45. The van der Waals surface area contributed by atoms with Crippen molar-refractivity contribution >= 4 is 0 Å². The van der Waals surface area contributed by atoms with Crippen LogP contribution in [0.15, 0.2) is 30.9 Å².